The van der Waals surface area contributed by atoms with Crippen LogP contribution in [0.5, 0.6) is 11.5 Å². The van der Waals surface area contributed by atoms with Crippen LogP contribution in [-0.2, 0) is 22.4 Å². The number of benzene rings is 2. The molecule has 0 saturated carbocycles. The van der Waals surface area contributed by atoms with Crippen molar-refractivity contribution in [1.82, 2.24) is 19.9 Å². The van der Waals surface area contributed by atoms with Crippen molar-refractivity contribution in [2.75, 3.05) is 0 Å². The second-order valence-corrected chi connectivity index (χ2v) is 15.7. The zero-order chi connectivity index (χ0) is 40.3. The van der Waals surface area contributed by atoms with Gasteiger partial charge < -0.3 is 9.47 Å². The highest BCUT2D eigenvalue weighted by Crippen LogP contribution is 2.23. The van der Waals surface area contributed by atoms with Gasteiger partial charge in [0.25, 0.3) is 0 Å². The third-order valence-corrected chi connectivity index (χ3v) is 10.6. The SMILES string of the molecule is CCCCCCCCCCCCc1cnc(-c2ccc(OC(=O)CC(C)C(=O)Oc3ccc(-c4ncc(CCCCCCCCCCCC)cn4)cc3)cc2)nc1. The Morgan fingerprint density at radius 1 is 0.474 bits per heavy atom. The summed E-state index contributed by atoms with van der Waals surface area (Å²) in [5, 5.41) is 0. The molecule has 1 atom stereocenters. The minimum atomic E-state index is -0.685. The summed E-state index contributed by atoms with van der Waals surface area (Å²) in [6, 6.07) is 14.2. The van der Waals surface area contributed by atoms with Gasteiger partial charge in [0.05, 0.1) is 12.3 Å². The summed E-state index contributed by atoms with van der Waals surface area (Å²) in [5.41, 5.74) is 3.98. The Balaban J connectivity index is 1.10. The molecule has 0 bridgehead atoms. The highest BCUT2D eigenvalue weighted by Gasteiger charge is 2.21. The highest BCUT2D eigenvalue weighted by atomic mass is 16.5. The van der Waals surface area contributed by atoms with E-state index in [1.54, 1.807) is 31.2 Å². The maximum atomic E-state index is 12.8. The maximum Gasteiger partial charge on any atom is 0.314 e. The first-order valence-corrected chi connectivity index (χ1v) is 22.2. The molecule has 1 unspecified atom stereocenters. The lowest BCUT2D eigenvalue weighted by Gasteiger charge is -2.11. The molecule has 0 saturated heterocycles. The Kier molecular flexibility index (Phi) is 21.6. The van der Waals surface area contributed by atoms with Gasteiger partial charge in [0.2, 0.25) is 0 Å². The zero-order valence-corrected chi connectivity index (χ0v) is 35.2. The lowest BCUT2D eigenvalue weighted by Crippen LogP contribution is -2.22. The first kappa shape index (κ1) is 45.2. The van der Waals surface area contributed by atoms with E-state index in [2.05, 4.69) is 33.8 Å². The normalized spacial score (nSPS) is 11.7. The van der Waals surface area contributed by atoms with Crippen molar-refractivity contribution in [2.24, 2.45) is 5.92 Å². The number of aryl methyl sites for hydroxylation is 2. The van der Waals surface area contributed by atoms with Crippen LogP contribution in [0.3, 0.4) is 0 Å². The molecule has 0 fully saturated rings. The molecule has 2 aromatic carbocycles. The molecule has 0 N–H and O–H groups in total. The Morgan fingerprint density at radius 3 is 1.18 bits per heavy atom. The lowest BCUT2D eigenvalue weighted by molar-refractivity contribution is -0.144. The second kappa shape index (κ2) is 27.2. The summed E-state index contributed by atoms with van der Waals surface area (Å²) >= 11 is 0. The van der Waals surface area contributed by atoms with Crippen molar-refractivity contribution in [3.63, 3.8) is 0 Å². The predicted molar refractivity (Wildman–Crippen MR) is 231 cm³/mol. The molecule has 0 amide bonds. The van der Waals surface area contributed by atoms with E-state index in [1.165, 1.54) is 116 Å². The van der Waals surface area contributed by atoms with Crippen LogP contribution < -0.4 is 9.47 Å². The third kappa shape index (κ3) is 18.1. The highest BCUT2D eigenvalue weighted by molar-refractivity contribution is 5.82. The monoisotopic (exact) mass is 777 g/mol. The fourth-order valence-corrected chi connectivity index (χ4v) is 6.97. The summed E-state index contributed by atoms with van der Waals surface area (Å²) in [4.78, 5) is 43.8. The van der Waals surface area contributed by atoms with Crippen LogP contribution in [0.1, 0.15) is 167 Å². The molecule has 0 aliphatic carbocycles. The number of carbonyl (C=O) groups excluding carboxylic acids is 2. The molecule has 8 nitrogen and oxygen atoms in total. The van der Waals surface area contributed by atoms with Crippen LogP contribution in [0, 0.1) is 5.92 Å². The average Bonchev–Trinajstić information content (AvgIpc) is 3.23. The standard InChI is InChI=1S/C49H68N4O4/c1-4-6-8-10-12-14-16-18-20-22-24-40-35-50-47(51-36-40)42-26-30-44(31-27-42)56-46(54)34-39(3)49(55)57-45-32-28-43(29-33-45)48-52-37-41(38-53-48)25-23-21-19-17-15-13-11-9-7-5-2/h26-33,35-39H,4-25,34H2,1-3H3. The molecule has 4 aromatic rings. The smallest absolute Gasteiger partial charge is 0.314 e. The molecule has 2 aromatic heterocycles. The molecule has 308 valence electrons. The van der Waals surface area contributed by atoms with Gasteiger partial charge in [-0.1, -0.05) is 136 Å². The van der Waals surface area contributed by atoms with Crippen LogP contribution in [0.15, 0.2) is 73.3 Å². The molecule has 57 heavy (non-hydrogen) atoms. The molecular weight excluding hydrogens is 709 g/mol. The fourth-order valence-electron chi connectivity index (χ4n) is 6.97. The van der Waals surface area contributed by atoms with Gasteiger partial charge in [-0.3, -0.25) is 9.59 Å². The van der Waals surface area contributed by atoms with E-state index in [1.807, 2.05) is 49.1 Å². The van der Waals surface area contributed by atoms with Gasteiger partial charge in [0.1, 0.15) is 11.5 Å². The van der Waals surface area contributed by atoms with Gasteiger partial charge in [0, 0.05) is 35.9 Å². The molecule has 0 radical (unpaired) electrons. The lowest BCUT2D eigenvalue weighted by atomic mass is 10.0. The van der Waals surface area contributed by atoms with E-state index in [0.29, 0.717) is 23.1 Å². The molecule has 4 rings (SSSR count). The summed E-state index contributed by atoms with van der Waals surface area (Å²) in [6.45, 7) is 6.18. The van der Waals surface area contributed by atoms with Gasteiger partial charge in [0.15, 0.2) is 11.6 Å². The Bertz CT molecular complexity index is 1680. The molecule has 0 aliphatic rings. The molecule has 0 aliphatic heterocycles. The minimum Gasteiger partial charge on any atom is -0.427 e. The first-order chi connectivity index (χ1) is 27.9. The van der Waals surface area contributed by atoms with Gasteiger partial charge in [-0.05, 0) is 85.3 Å². The van der Waals surface area contributed by atoms with Crippen LogP contribution in [0.4, 0.5) is 0 Å². The van der Waals surface area contributed by atoms with Crippen molar-refractivity contribution in [3.8, 4) is 34.3 Å². The van der Waals surface area contributed by atoms with E-state index < -0.39 is 17.9 Å². The van der Waals surface area contributed by atoms with Crippen LogP contribution >= 0.6 is 0 Å². The number of unbranched alkanes of at least 4 members (excludes halogenated alkanes) is 18. The zero-order valence-electron chi connectivity index (χ0n) is 35.2. The number of aromatic nitrogens is 4. The minimum absolute atomic E-state index is 0.110. The predicted octanol–water partition coefficient (Wildman–Crippen LogP) is 13.1. The Hall–Kier alpha value is -4.46. The Morgan fingerprint density at radius 2 is 0.807 bits per heavy atom. The van der Waals surface area contributed by atoms with Gasteiger partial charge in [-0.25, -0.2) is 19.9 Å². The van der Waals surface area contributed by atoms with E-state index >= 15 is 0 Å². The number of rotatable bonds is 29. The van der Waals surface area contributed by atoms with E-state index in [-0.39, 0.29) is 6.42 Å². The van der Waals surface area contributed by atoms with E-state index in [4.69, 9.17) is 9.47 Å². The van der Waals surface area contributed by atoms with Crippen molar-refractivity contribution in [3.05, 3.63) is 84.4 Å². The Labute approximate surface area is 343 Å². The molecule has 8 heteroatoms. The van der Waals surface area contributed by atoms with Crippen LogP contribution in [0.2, 0.25) is 0 Å². The summed E-state index contributed by atoms with van der Waals surface area (Å²) in [7, 11) is 0. The van der Waals surface area contributed by atoms with Crippen LogP contribution in [-0.4, -0.2) is 31.9 Å². The summed E-state index contributed by atoms with van der Waals surface area (Å²) in [5.74, 6) is 0.349. The largest absolute Gasteiger partial charge is 0.427 e. The van der Waals surface area contributed by atoms with Gasteiger partial charge in [-0.2, -0.15) is 0 Å². The average molecular weight is 777 g/mol. The van der Waals surface area contributed by atoms with Crippen molar-refractivity contribution in [2.45, 2.75) is 168 Å². The maximum absolute atomic E-state index is 12.8. The second-order valence-electron chi connectivity index (χ2n) is 15.7. The number of nitrogens with zero attached hydrogens (tertiary/aromatic N) is 4. The van der Waals surface area contributed by atoms with Gasteiger partial charge >= 0.3 is 11.9 Å². The van der Waals surface area contributed by atoms with E-state index in [0.717, 1.165) is 47.9 Å². The molecule has 0 spiro atoms. The van der Waals surface area contributed by atoms with Crippen molar-refractivity contribution in [1.29, 1.82) is 0 Å². The van der Waals surface area contributed by atoms with Crippen molar-refractivity contribution < 1.29 is 19.1 Å². The van der Waals surface area contributed by atoms with Crippen LogP contribution in [0.25, 0.3) is 22.8 Å². The summed E-state index contributed by atoms with van der Waals surface area (Å²) in [6.07, 6.45) is 35.9. The number of esters is 2. The first-order valence-electron chi connectivity index (χ1n) is 22.2. The topological polar surface area (TPSA) is 104 Å². The number of hydrogen-bond donors (Lipinski definition) is 0. The number of ether oxygens (including phenoxy) is 2. The summed E-state index contributed by atoms with van der Waals surface area (Å²) < 4.78 is 11.1. The van der Waals surface area contributed by atoms with Crippen molar-refractivity contribution >= 4 is 11.9 Å². The van der Waals surface area contributed by atoms with Gasteiger partial charge in [-0.15, -0.1) is 0 Å². The number of carbonyl (C=O) groups is 2. The molecule has 2 heterocycles. The quantitative estimate of drug-likeness (QED) is 0.0305. The molecular formula is C49H68N4O4. The van der Waals surface area contributed by atoms with E-state index in [9.17, 15) is 9.59 Å². The fraction of sp³-hybridized carbons (Fsp3) is 0.551. The third-order valence-electron chi connectivity index (χ3n) is 10.6. The number of hydrogen-bond acceptors (Lipinski definition) is 8.